The topological polar surface area (TPSA) is 21.7 Å². The van der Waals surface area contributed by atoms with Gasteiger partial charge >= 0.3 is 0 Å². The number of nitrogens with zero attached hydrogens (tertiary/aromatic N) is 1. The second-order valence-corrected chi connectivity index (χ2v) is 6.15. The summed E-state index contributed by atoms with van der Waals surface area (Å²) < 4.78 is 37.5. The first kappa shape index (κ1) is 14.9. The van der Waals surface area contributed by atoms with Crippen LogP contribution in [-0.2, 0) is 16.0 Å². The molecule has 0 aliphatic carbocycles. The van der Waals surface area contributed by atoms with Crippen LogP contribution in [0, 0.1) is 17.0 Å². The quantitative estimate of drug-likeness (QED) is 0.852. The van der Waals surface area contributed by atoms with Crippen molar-refractivity contribution in [2.75, 3.05) is 33.4 Å². The van der Waals surface area contributed by atoms with Gasteiger partial charge in [0.05, 0.1) is 12.7 Å². The number of rotatable bonds is 4. The zero-order valence-electron chi connectivity index (χ0n) is 12.3. The van der Waals surface area contributed by atoms with E-state index in [1.54, 1.807) is 13.2 Å². The van der Waals surface area contributed by atoms with Crippen molar-refractivity contribution in [3.8, 4) is 0 Å². The van der Waals surface area contributed by atoms with Gasteiger partial charge in [-0.05, 0) is 30.5 Å². The van der Waals surface area contributed by atoms with Crippen LogP contribution in [0.25, 0.3) is 0 Å². The van der Waals surface area contributed by atoms with Crippen molar-refractivity contribution in [1.29, 1.82) is 0 Å². The van der Waals surface area contributed by atoms with Crippen LogP contribution in [0.3, 0.4) is 0 Å². The van der Waals surface area contributed by atoms with E-state index in [1.165, 1.54) is 12.1 Å². The number of ether oxygens (including phenoxy) is 2. The molecule has 21 heavy (non-hydrogen) atoms. The molecule has 2 aliphatic heterocycles. The number of halogens is 2. The summed E-state index contributed by atoms with van der Waals surface area (Å²) in [6.45, 7) is 3.90. The molecule has 2 fully saturated rings. The third-order valence-corrected chi connectivity index (χ3v) is 4.67. The summed E-state index contributed by atoms with van der Waals surface area (Å²) in [5, 5.41) is 0. The first-order chi connectivity index (χ1) is 10.1. The molecular formula is C16H21F2NO2. The molecule has 2 atom stereocenters. The molecule has 1 aromatic rings. The Morgan fingerprint density at radius 2 is 2.24 bits per heavy atom. The Hall–Kier alpha value is -1.04. The van der Waals surface area contributed by atoms with Gasteiger partial charge in [-0.15, -0.1) is 0 Å². The predicted molar refractivity (Wildman–Crippen MR) is 74.9 cm³/mol. The number of hydrogen-bond donors (Lipinski definition) is 0. The van der Waals surface area contributed by atoms with Crippen molar-refractivity contribution in [2.45, 2.75) is 25.5 Å². The molecular weight excluding hydrogens is 276 g/mol. The first-order valence-corrected chi connectivity index (χ1v) is 7.40. The van der Waals surface area contributed by atoms with Gasteiger partial charge in [-0.3, -0.25) is 4.90 Å². The molecule has 3 rings (SSSR count). The highest BCUT2D eigenvalue weighted by Gasteiger charge is 2.47. The zero-order valence-corrected chi connectivity index (χ0v) is 12.3. The third-order valence-electron chi connectivity index (χ3n) is 4.67. The fraction of sp³-hybridized carbons (Fsp3) is 0.625. The van der Waals surface area contributed by atoms with E-state index in [1.807, 2.05) is 0 Å². The standard InChI is InChI=1S/C16H21F2NO2/c1-20-11-16-5-7-21-15(16)4-6-19(10-16)9-12-2-3-13(17)14(18)8-12/h2-3,8,15H,4-7,9-11H2,1H3/t15-,16+/m1/s1. The molecule has 2 saturated heterocycles. The minimum atomic E-state index is -0.794. The van der Waals surface area contributed by atoms with Crippen LogP contribution in [-0.4, -0.2) is 44.4 Å². The molecule has 0 amide bonds. The molecule has 0 bridgehead atoms. The maximum atomic E-state index is 13.3. The average Bonchev–Trinajstić information content (AvgIpc) is 2.86. The van der Waals surface area contributed by atoms with Gasteiger partial charge in [-0.1, -0.05) is 6.07 Å². The van der Waals surface area contributed by atoms with Crippen LogP contribution >= 0.6 is 0 Å². The van der Waals surface area contributed by atoms with Gasteiger partial charge in [-0.25, -0.2) is 8.78 Å². The Labute approximate surface area is 123 Å². The SMILES string of the molecule is COC[C@@]12CCO[C@@H]1CCN(Cc1ccc(F)c(F)c1)C2. The van der Waals surface area contributed by atoms with Gasteiger partial charge in [0, 0.05) is 38.8 Å². The monoisotopic (exact) mass is 297 g/mol. The van der Waals surface area contributed by atoms with E-state index in [0.717, 1.165) is 38.1 Å². The lowest BCUT2D eigenvalue weighted by Gasteiger charge is -2.43. The minimum Gasteiger partial charge on any atom is -0.384 e. The van der Waals surface area contributed by atoms with Crippen molar-refractivity contribution in [2.24, 2.45) is 5.41 Å². The smallest absolute Gasteiger partial charge is 0.159 e. The molecule has 3 nitrogen and oxygen atoms in total. The van der Waals surface area contributed by atoms with Gasteiger partial charge in [0.25, 0.3) is 0 Å². The highest BCUT2D eigenvalue weighted by atomic mass is 19.2. The first-order valence-electron chi connectivity index (χ1n) is 7.40. The van der Waals surface area contributed by atoms with Crippen molar-refractivity contribution in [1.82, 2.24) is 4.90 Å². The van der Waals surface area contributed by atoms with Crippen molar-refractivity contribution in [3.05, 3.63) is 35.4 Å². The maximum Gasteiger partial charge on any atom is 0.159 e. The number of likely N-dealkylation sites (tertiary alicyclic amines) is 1. The summed E-state index contributed by atoms with van der Waals surface area (Å²) in [6, 6.07) is 4.13. The highest BCUT2D eigenvalue weighted by molar-refractivity contribution is 5.18. The fourth-order valence-corrected chi connectivity index (χ4v) is 3.67. The lowest BCUT2D eigenvalue weighted by atomic mass is 9.77. The minimum absolute atomic E-state index is 0.0472. The van der Waals surface area contributed by atoms with Crippen molar-refractivity contribution < 1.29 is 18.3 Å². The average molecular weight is 297 g/mol. The number of hydrogen-bond acceptors (Lipinski definition) is 3. The molecule has 0 radical (unpaired) electrons. The van der Waals surface area contributed by atoms with Crippen molar-refractivity contribution >= 4 is 0 Å². The van der Waals surface area contributed by atoms with Crippen LogP contribution in [0.2, 0.25) is 0 Å². The van der Waals surface area contributed by atoms with E-state index >= 15 is 0 Å². The van der Waals surface area contributed by atoms with Crippen LogP contribution in [0.1, 0.15) is 18.4 Å². The molecule has 1 aromatic carbocycles. The van der Waals surface area contributed by atoms with Gasteiger partial charge in [0.15, 0.2) is 11.6 Å². The van der Waals surface area contributed by atoms with E-state index in [2.05, 4.69) is 4.90 Å². The molecule has 0 N–H and O–H groups in total. The number of benzene rings is 1. The maximum absolute atomic E-state index is 13.3. The number of piperidine rings is 1. The fourth-order valence-electron chi connectivity index (χ4n) is 3.67. The van der Waals surface area contributed by atoms with Crippen molar-refractivity contribution in [3.63, 3.8) is 0 Å². The summed E-state index contributed by atoms with van der Waals surface area (Å²) in [5.74, 6) is -1.57. The number of methoxy groups -OCH3 is 1. The molecule has 0 unspecified atom stereocenters. The molecule has 2 heterocycles. The Morgan fingerprint density at radius 3 is 3.00 bits per heavy atom. The lowest BCUT2D eigenvalue weighted by Crippen LogP contribution is -2.51. The molecule has 0 aromatic heterocycles. The van der Waals surface area contributed by atoms with Gasteiger partial charge in [-0.2, -0.15) is 0 Å². The Kier molecular flexibility index (Phi) is 4.24. The van der Waals surface area contributed by atoms with Crippen LogP contribution in [0.5, 0.6) is 0 Å². The molecule has 5 heteroatoms. The Morgan fingerprint density at radius 1 is 1.38 bits per heavy atom. The zero-order chi connectivity index (χ0) is 14.9. The van der Waals surface area contributed by atoms with Gasteiger partial charge in [0.2, 0.25) is 0 Å². The molecule has 0 saturated carbocycles. The van der Waals surface area contributed by atoms with Gasteiger partial charge < -0.3 is 9.47 Å². The van der Waals surface area contributed by atoms with Crippen LogP contribution in [0.15, 0.2) is 18.2 Å². The largest absolute Gasteiger partial charge is 0.384 e. The number of fused-ring (bicyclic) bond motifs is 1. The summed E-state index contributed by atoms with van der Waals surface area (Å²) in [7, 11) is 1.72. The Balaban J connectivity index is 1.70. The molecule has 116 valence electrons. The normalized spacial score (nSPS) is 29.6. The highest BCUT2D eigenvalue weighted by Crippen LogP contribution is 2.41. The summed E-state index contributed by atoms with van der Waals surface area (Å²) in [4.78, 5) is 2.29. The van der Waals surface area contributed by atoms with Crippen LogP contribution in [0.4, 0.5) is 8.78 Å². The second kappa shape index (κ2) is 5.99. The van der Waals surface area contributed by atoms with E-state index in [9.17, 15) is 8.78 Å². The molecule has 0 spiro atoms. The van der Waals surface area contributed by atoms with E-state index in [0.29, 0.717) is 13.2 Å². The van der Waals surface area contributed by atoms with Crippen LogP contribution < -0.4 is 0 Å². The third kappa shape index (κ3) is 2.96. The summed E-state index contributed by atoms with van der Waals surface area (Å²) in [5.41, 5.74) is 0.852. The Bertz CT molecular complexity index is 511. The lowest BCUT2D eigenvalue weighted by molar-refractivity contribution is -0.0557. The van der Waals surface area contributed by atoms with Gasteiger partial charge in [0.1, 0.15) is 0 Å². The molecule has 2 aliphatic rings. The van der Waals surface area contributed by atoms with E-state index in [4.69, 9.17) is 9.47 Å². The predicted octanol–water partition coefficient (Wildman–Crippen LogP) is 2.59. The van der Waals surface area contributed by atoms with E-state index in [-0.39, 0.29) is 11.5 Å². The summed E-state index contributed by atoms with van der Waals surface area (Å²) in [6.07, 6.45) is 2.23. The summed E-state index contributed by atoms with van der Waals surface area (Å²) >= 11 is 0. The van der Waals surface area contributed by atoms with E-state index < -0.39 is 11.6 Å². The second-order valence-electron chi connectivity index (χ2n) is 6.15.